The minimum Gasteiger partial charge on any atom is -0.481 e. The standard InChI is InChI=1S/C19H35NO5.H2O4S/c1-2-3-4-5-6-7-8-9-10-11-12-13-17(21)20-16(19(24)25)14-15-18(22)23;1-5(2,3)4/h16H,2-15H2,1H3,(H,20,21)(H,22,23)(H,24,25);(H2,1,2,3,4)/t16-;/m0./s1. The molecule has 0 rings (SSSR count). The van der Waals surface area contributed by atoms with Crippen LogP contribution in [0.1, 0.15) is 96.8 Å². The third-order valence-electron chi connectivity index (χ3n) is 4.29. The van der Waals surface area contributed by atoms with Gasteiger partial charge in [-0.15, -0.1) is 0 Å². The largest absolute Gasteiger partial charge is 0.481 e. The molecule has 178 valence electrons. The summed E-state index contributed by atoms with van der Waals surface area (Å²) in [6, 6.07) is -1.11. The number of rotatable bonds is 17. The van der Waals surface area contributed by atoms with Crippen LogP contribution in [0, 0.1) is 0 Å². The van der Waals surface area contributed by atoms with E-state index >= 15 is 0 Å². The highest BCUT2D eigenvalue weighted by molar-refractivity contribution is 7.79. The second-order valence-electron chi connectivity index (χ2n) is 7.12. The second-order valence-corrected chi connectivity index (χ2v) is 8.02. The van der Waals surface area contributed by atoms with Crippen LogP contribution in [0.2, 0.25) is 0 Å². The Balaban J connectivity index is 0. The van der Waals surface area contributed by atoms with E-state index in [1.807, 2.05) is 0 Å². The molecule has 0 spiro atoms. The van der Waals surface area contributed by atoms with Crippen LogP contribution in [0.5, 0.6) is 0 Å². The van der Waals surface area contributed by atoms with Crippen molar-refractivity contribution in [3.05, 3.63) is 0 Å². The van der Waals surface area contributed by atoms with Crippen LogP contribution in [-0.2, 0) is 24.8 Å². The van der Waals surface area contributed by atoms with Gasteiger partial charge in [0.2, 0.25) is 5.91 Å². The second kappa shape index (κ2) is 19.3. The van der Waals surface area contributed by atoms with Crippen molar-refractivity contribution in [2.75, 3.05) is 0 Å². The quantitative estimate of drug-likeness (QED) is 0.162. The van der Waals surface area contributed by atoms with Crippen molar-refractivity contribution in [2.45, 2.75) is 103 Å². The van der Waals surface area contributed by atoms with Gasteiger partial charge >= 0.3 is 22.3 Å². The molecular weight excluding hydrogens is 418 g/mol. The maximum absolute atomic E-state index is 11.7. The van der Waals surface area contributed by atoms with E-state index in [4.69, 9.17) is 27.7 Å². The zero-order chi connectivity index (χ0) is 23.4. The third-order valence-corrected chi connectivity index (χ3v) is 4.29. The average molecular weight is 456 g/mol. The Bertz CT molecular complexity index is 571. The van der Waals surface area contributed by atoms with Crippen molar-refractivity contribution in [1.82, 2.24) is 5.32 Å². The molecule has 0 saturated carbocycles. The number of aliphatic carboxylic acids is 2. The van der Waals surface area contributed by atoms with E-state index in [2.05, 4.69) is 12.2 Å². The predicted octanol–water partition coefficient (Wildman–Crippen LogP) is 3.47. The third kappa shape index (κ3) is 28.5. The molecule has 0 unspecified atom stereocenters. The molecule has 1 amide bonds. The van der Waals surface area contributed by atoms with Crippen LogP contribution in [0.15, 0.2) is 0 Å². The maximum atomic E-state index is 11.7. The lowest BCUT2D eigenvalue weighted by Crippen LogP contribution is -2.41. The van der Waals surface area contributed by atoms with Crippen LogP contribution in [0.25, 0.3) is 0 Å². The van der Waals surface area contributed by atoms with Gasteiger partial charge in [0, 0.05) is 12.8 Å². The Morgan fingerprint density at radius 3 is 1.53 bits per heavy atom. The highest BCUT2D eigenvalue weighted by atomic mass is 32.3. The number of hydrogen-bond acceptors (Lipinski definition) is 5. The van der Waals surface area contributed by atoms with Gasteiger partial charge in [-0.3, -0.25) is 18.7 Å². The van der Waals surface area contributed by atoms with E-state index < -0.39 is 28.4 Å². The summed E-state index contributed by atoms with van der Waals surface area (Å²) in [6.07, 6.45) is 13.1. The van der Waals surface area contributed by atoms with Crippen molar-refractivity contribution in [1.29, 1.82) is 0 Å². The minimum atomic E-state index is -4.67. The number of carbonyl (C=O) groups excluding carboxylic acids is 1. The number of hydrogen-bond donors (Lipinski definition) is 5. The number of unbranched alkanes of at least 4 members (excludes halogenated alkanes) is 10. The van der Waals surface area contributed by atoms with Gasteiger partial charge in [0.15, 0.2) is 0 Å². The first-order chi connectivity index (χ1) is 14.0. The van der Waals surface area contributed by atoms with Crippen molar-refractivity contribution < 1.29 is 42.1 Å². The molecule has 0 radical (unpaired) electrons. The number of carbonyl (C=O) groups is 3. The summed E-state index contributed by atoms with van der Waals surface area (Å²) in [6.45, 7) is 2.22. The molecule has 0 fully saturated rings. The molecule has 0 bridgehead atoms. The van der Waals surface area contributed by atoms with Crippen LogP contribution in [-0.4, -0.2) is 51.6 Å². The summed E-state index contributed by atoms with van der Waals surface area (Å²) in [7, 11) is -4.67. The van der Waals surface area contributed by atoms with Gasteiger partial charge in [-0.1, -0.05) is 71.1 Å². The van der Waals surface area contributed by atoms with E-state index in [-0.39, 0.29) is 18.7 Å². The summed E-state index contributed by atoms with van der Waals surface area (Å²) in [5, 5.41) is 20.0. The Kier molecular flexibility index (Phi) is 19.6. The van der Waals surface area contributed by atoms with E-state index in [0.717, 1.165) is 19.3 Å². The Morgan fingerprint density at radius 1 is 0.767 bits per heavy atom. The lowest BCUT2D eigenvalue weighted by atomic mass is 10.0. The van der Waals surface area contributed by atoms with Crippen molar-refractivity contribution in [2.24, 2.45) is 0 Å². The normalized spacial score (nSPS) is 11.8. The van der Waals surface area contributed by atoms with Crippen molar-refractivity contribution in [3.8, 4) is 0 Å². The predicted molar refractivity (Wildman–Crippen MR) is 112 cm³/mol. The molecule has 30 heavy (non-hydrogen) atoms. The summed E-state index contributed by atoms with van der Waals surface area (Å²) in [5.41, 5.74) is 0. The topological polar surface area (TPSA) is 178 Å². The van der Waals surface area contributed by atoms with Crippen LogP contribution >= 0.6 is 0 Å². The Morgan fingerprint density at radius 2 is 1.17 bits per heavy atom. The Labute approximate surface area is 179 Å². The first-order valence-electron chi connectivity index (χ1n) is 10.4. The van der Waals surface area contributed by atoms with Crippen LogP contribution in [0.3, 0.4) is 0 Å². The number of amides is 1. The fourth-order valence-corrected chi connectivity index (χ4v) is 2.74. The SMILES string of the molecule is CCCCCCCCCCCCCC(=O)N[C@@H](CCC(=O)O)C(=O)O.O=S(=O)(O)O. The molecule has 0 aromatic carbocycles. The molecule has 0 saturated heterocycles. The summed E-state index contributed by atoms with van der Waals surface area (Å²) < 4.78 is 31.6. The molecule has 0 aliphatic rings. The highest BCUT2D eigenvalue weighted by Crippen LogP contribution is 2.12. The molecule has 5 N–H and O–H groups in total. The first-order valence-corrected chi connectivity index (χ1v) is 11.8. The molecule has 0 aromatic rings. The highest BCUT2D eigenvalue weighted by Gasteiger charge is 2.20. The van der Waals surface area contributed by atoms with Gasteiger partial charge in [-0.2, -0.15) is 8.42 Å². The smallest absolute Gasteiger partial charge is 0.394 e. The maximum Gasteiger partial charge on any atom is 0.394 e. The van der Waals surface area contributed by atoms with E-state index in [1.54, 1.807) is 0 Å². The van der Waals surface area contributed by atoms with E-state index in [1.165, 1.54) is 51.4 Å². The monoisotopic (exact) mass is 455 g/mol. The van der Waals surface area contributed by atoms with E-state index in [9.17, 15) is 14.4 Å². The van der Waals surface area contributed by atoms with E-state index in [0.29, 0.717) is 6.42 Å². The van der Waals surface area contributed by atoms with Gasteiger partial charge < -0.3 is 15.5 Å². The molecule has 10 nitrogen and oxygen atoms in total. The number of nitrogens with one attached hydrogen (secondary N) is 1. The number of carboxylic acid groups (broad SMARTS) is 2. The summed E-state index contributed by atoms with van der Waals surface area (Å²) >= 11 is 0. The van der Waals surface area contributed by atoms with Crippen molar-refractivity contribution >= 4 is 28.2 Å². The summed E-state index contributed by atoms with van der Waals surface area (Å²) in [5.74, 6) is -2.56. The minimum absolute atomic E-state index is 0.0886. The fourth-order valence-electron chi connectivity index (χ4n) is 2.74. The summed E-state index contributed by atoms with van der Waals surface area (Å²) in [4.78, 5) is 33.2. The molecule has 0 aromatic heterocycles. The first kappa shape index (κ1) is 30.5. The average Bonchev–Trinajstić information content (AvgIpc) is 2.61. The molecule has 1 atom stereocenters. The zero-order valence-electron chi connectivity index (χ0n) is 17.7. The molecule has 0 aliphatic carbocycles. The molecular formula is C19H37NO9S. The van der Waals surface area contributed by atoms with Gasteiger partial charge in [0.25, 0.3) is 0 Å². The number of carboxylic acids is 2. The van der Waals surface area contributed by atoms with Gasteiger partial charge in [0.1, 0.15) is 6.04 Å². The van der Waals surface area contributed by atoms with Crippen LogP contribution < -0.4 is 5.32 Å². The van der Waals surface area contributed by atoms with Gasteiger partial charge in [-0.05, 0) is 12.8 Å². The lowest BCUT2D eigenvalue weighted by Gasteiger charge is -2.13. The van der Waals surface area contributed by atoms with Crippen LogP contribution in [0.4, 0.5) is 0 Å². The fraction of sp³-hybridized carbons (Fsp3) is 0.842. The molecule has 11 heteroatoms. The van der Waals surface area contributed by atoms with Gasteiger partial charge in [-0.25, -0.2) is 4.79 Å². The molecule has 0 heterocycles. The van der Waals surface area contributed by atoms with Gasteiger partial charge in [0.05, 0.1) is 0 Å². The lowest BCUT2D eigenvalue weighted by molar-refractivity contribution is -0.143. The Hall–Kier alpha value is -1.72. The zero-order valence-corrected chi connectivity index (χ0v) is 18.5. The van der Waals surface area contributed by atoms with Crippen molar-refractivity contribution in [3.63, 3.8) is 0 Å². The molecule has 0 aliphatic heterocycles.